The van der Waals surface area contributed by atoms with E-state index in [1.54, 1.807) is 12.1 Å². The van der Waals surface area contributed by atoms with Crippen molar-refractivity contribution in [1.82, 2.24) is 0 Å². The van der Waals surface area contributed by atoms with Crippen LogP contribution in [-0.4, -0.2) is 20.0 Å². The van der Waals surface area contributed by atoms with Crippen LogP contribution in [0.4, 0.5) is 11.4 Å². The fourth-order valence-electron chi connectivity index (χ4n) is 2.13. The SMILES string of the molecule is Cc1cc(Br)cc(C(=O)Nc2cccc(Cl)c2N(C)C)c1. The molecule has 0 spiro atoms. The second-order valence-corrected chi connectivity index (χ2v) is 6.32. The molecule has 0 aliphatic rings. The Morgan fingerprint density at radius 2 is 1.95 bits per heavy atom. The monoisotopic (exact) mass is 366 g/mol. The molecule has 0 heterocycles. The van der Waals surface area contributed by atoms with Gasteiger partial charge in [0.1, 0.15) is 0 Å². The highest BCUT2D eigenvalue weighted by molar-refractivity contribution is 9.10. The number of hydrogen-bond donors (Lipinski definition) is 1. The van der Waals surface area contributed by atoms with Crippen LogP contribution in [-0.2, 0) is 0 Å². The molecule has 0 aliphatic heterocycles. The first-order valence-corrected chi connectivity index (χ1v) is 7.60. The summed E-state index contributed by atoms with van der Waals surface area (Å²) in [6, 6.07) is 11.1. The van der Waals surface area contributed by atoms with Gasteiger partial charge in [-0.05, 0) is 42.8 Å². The summed E-state index contributed by atoms with van der Waals surface area (Å²) in [5.74, 6) is -0.162. The molecule has 1 N–H and O–H groups in total. The molecule has 0 unspecified atom stereocenters. The zero-order valence-corrected chi connectivity index (χ0v) is 14.4. The summed E-state index contributed by atoms with van der Waals surface area (Å²) >= 11 is 9.61. The lowest BCUT2D eigenvalue weighted by atomic mass is 10.1. The maximum atomic E-state index is 12.4. The summed E-state index contributed by atoms with van der Waals surface area (Å²) in [5, 5.41) is 3.52. The van der Waals surface area contributed by atoms with Crippen molar-refractivity contribution in [1.29, 1.82) is 0 Å². The Balaban J connectivity index is 2.34. The number of carbonyl (C=O) groups is 1. The maximum absolute atomic E-state index is 12.4. The van der Waals surface area contributed by atoms with Crippen molar-refractivity contribution in [3.63, 3.8) is 0 Å². The maximum Gasteiger partial charge on any atom is 0.255 e. The van der Waals surface area contributed by atoms with Crippen LogP contribution in [0.3, 0.4) is 0 Å². The van der Waals surface area contributed by atoms with E-state index in [1.165, 1.54) is 0 Å². The highest BCUT2D eigenvalue weighted by Crippen LogP contribution is 2.32. The highest BCUT2D eigenvalue weighted by atomic mass is 79.9. The number of aryl methyl sites for hydroxylation is 1. The Hall–Kier alpha value is -1.52. The molecule has 0 aliphatic carbocycles. The van der Waals surface area contributed by atoms with E-state index >= 15 is 0 Å². The quantitative estimate of drug-likeness (QED) is 0.850. The van der Waals surface area contributed by atoms with Crippen molar-refractivity contribution in [2.45, 2.75) is 6.92 Å². The minimum Gasteiger partial charge on any atom is -0.375 e. The van der Waals surface area contributed by atoms with Crippen molar-refractivity contribution < 1.29 is 4.79 Å². The summed E-state index contributed by atoms with van der Waals surface area (Å²) in [5.41, 5.74) is 3.11. The lowest BCUT2D eigenvalue weighted by Gasteiger charge is -2.19. The molecule has 0 radical (unpaired) electrons. The largest absolute Gasteiger partial charge is 0.375 e. The van der Waals surface area contributed by atoms with Gasteiger partial charge in [-0.15, -0.1) is 0 Å². The third-order valence-electron chi connectivity index (χ3n) is 2.99. The molecule has 3 nitrogen and oxygen atoms in total. The van der Waals surface area contributed by atoms with Gasteiger partial charge in [-0.25, -0.2) is 0 Å². The molecule has 0 atom stereocenters. The van der Waals surface area contributed by atoms with Gasteiger partial charge in [0.15, 0.2) is 0 Å². The van der Waals surface area contributed by atoms with Gasteiger partial charge in [0.25, 0.3) is 5.91 Å². The molecule has 21 heavy (non-hydrogen) atoms. The molecule has 0 bridgehead atoms. The number of nitrogens with one attached hydrogen (secondary N) is 1. The first kappa shape index (κ1) is 15.9. The summed E-state index contributed by atoms with van der Waals surface area (Å²) in [4.78, 5) is 14.3. The second kappa shape index (κ2) is 6.50. The molecule has 5 heteroatoms. The van der Waals surface area contributed by atoms with Crippen LogP contribution in [0.1, 0.15) is 15.9 Å². The van der Waals surface area contributed by atoms with Crippen molar-refractivity contribution in [3.05, 3.63) is 57.0 Å². The standard InChI is InChI=1S/C16H16BrClN2O/c1-10-7-11(9-12(17)8-10)16(21)19-14-6-4-5-13(18)15(14)20(2)3/h4-9H,1-3H3,(H,19,21). The number of nitrogens with zero attached hydrogens (tertiary/aromatic N) is 1. The Labute approximate surface area is 138 Å². The number of hydrogen-bond acceptors (Lipinski definition) is 2. The topological polar surface area (TPSA) is 32.3 Å². The van der Waals surface area contributed by atoms with Gasteiger partial charge in [-0.2, -0.15) is 0 Å². The van der Waals surface area contributed by atoms with E-state index in [0.717, 1.165) is 15.7 Å². The molecule has 110 valence electrons. The molecule has 2 rings (SSSR count). The van der Waals surface area contributed by atoms with Gasteiger partial charge in [0.2, 0.25) is 0 Å². The Morgan fingerprint density at radius 3 is 2.57 bits per heavy atom. The zero-order valence-electron chi connectivity index (χ0n) is 12.1. The van der Waals surface area contributed by atoms with Gasteiger partial charge in [-0.1, -0.05) is 33.6 Å². The van der Waals surface area contributed by atoms with Crippen molar-refractivity contribution in [3.8, 4) is 0 Å². The van der Waals surface area contributed by atoms with Crippen LogP contribution in [0.2, 0.25) is 5.02 Å². The number of rotatable bonds is 3. The molecule has 2 aromatic rings. The van der Waals surface area contributed by atoms with E-state index in [0.29, 0.717) is 16.3 Å². The van der Waals surface area contributed by atoms with Crippen LogP contribution < -0.4 is 10.2 Å². The minimum absolute atomic E-state index is 0.162. The predicted octanol–water partition coefficient (Wildman–Crippen LogP) is 4.73. The number of benzene rings is 2. The number of anilines is 2. The van der Waals surface area contributed by atoms with E-state index in [1.807, 2.05) is 50.2 Å². The molecule has 0 saturated carbocycles. The summed E-state index contributed by atoms with van der Waals surface area (Å²) in [6.07, 6.45) is 0. The first-order chi connectivity index (χ1) is 9.88. The molecule has 0 fully saturated rings. The van der Waals surface area contributed by atoms with E-state index in [9.17, 15) is 4.79 Å². The number of amides is 1. The van der Waals surface area contributed by atoms with E-state index < -0.39 is 0 Å². The van der Waals surface area contributed by atoms with Crippen LogP contribution in [0.15, 0.2) is 40.9 Å². The van der Waals surface area contributed by atoms with Crippen LogP contribution in [0.5, 0.6) is 0 Å². The average molecular weight is 368 g/mol. The lowest BCUT2D eigenvalue weighted by molar-refractivity contribution is 0.102. The normalized spacial score (nSPS) is 10.3. The summed E-state index contributed by atoms with van der Waals surface area (Å²) in [6.45, 7) is 1.95. The minimum atomic E-state index is -0.162. The smallest absolute Gasteiger partial charge is 0.255 e. The van der Waals surface area contributed by atoms with Crippen LogP contribution in [0, 0.1) is 6.92 Å². The average Bonchev–Trinajstić information content (AvgIpc) is 2.37. The van der Waals surface area contributed by atoms with Gasteiger partial charge in [-0.3, -0.25) is 4.79 Å². The fourth-order valence-corrected chi connectivity index (χ4v) is 3.08. The van der Waals surface area contributed by atoms with E-state index in [2.05, 4.69) is 21.2 Å². The van der Waals surface area contributed by atoms with Gasteiger partial charge < -0.3 is 10.2 Å². The summed E-state index contributed by atoms with van der Waals surface area (Å²) < 4.78 is 0.881. The molecule has 0 saturated heterocycles. The van der Waals surface area contributed by atoms with Gasteiger partial charge >= 0.3 is 0 Å². The molecular weight excluding hydrogens is 352 g/mol. The number of para-hydroxylation sites is 1. The number of halogens is 2. The molecule has 1 amide bonds. The first-order valence-electron chi connectivity index (χ1n) is 6.43. The summed E-state index contributed by atoms with van der Waals surface area (Å²) in [7, 11) is 3.78. The second-order valence-electron chi connectivity index (χ2n) is 5.00. The van der Waals surface area contributed by atoms with Crippen LogP contribution in [0.25, 0.3) is 0 Å². The highest BCUT2D eigenvalue weighted by Gasteiger charge is 2.13. The van der Waals surface area contributed by atoms with Gasteiger partial charge in [0, 0.05) is 24.1 Å². The Morgan fingerprint density at radius 1 is 1.24 bits per heavy atom. The Bertz CT molecular complexity index is 666. The van der Waals surface area contributed by atoms with Crippen molar-refractivity contribution in [2.24, 2.45) is 0 Å². The Kier molecular flexibility index (Phi) is 4.91. The van der Waals surface area contributed by atoms with Crippen molar-refractivity contribution >= 4 is 44.8 Å². The number of carbonyl (C=O) groups excluding carboxylic acids is 1. The molecule has 0 aromatic heterocycles. The van der Waals surface area contributed by atoms with E-state index in [4.69, 9.17) is 11.6 Å². The van der Waals surface area contributed by atoms with Crippen molar-refractivity contribution in [2.75, 3.05) is 24.3 Å². The zero-order chi connectivity index (χ0) is 15.6. The fraction of sp³-hybridized carbons (Fsp3) is 0.188. The molecule has 2 aromatic carbocycles. The van der Waals surface area contributed by atoms with Crippen LogP contribution >= 0.6 is 27.5 Å². The van der Waals surface area contributed by atoms with E-state index in [-0.39, 0.29) is 5.91 Å². The third kappa shape index (κ3) is 3.77. The third-order valence-corrected chi connectivity index (χ3v) is 3.75. The molecular formula is C16H16BrClN2O. The lowest BCUT2D eigenvalue weighted by Crippen LogP contribution is -2.17. The van der Waals surface area contributed by atoms with Gasteiger partial charge in [0.05, 0.1) is 16.4 Å². The predicted molar refractivity (Wildman–Crippen MR) is 92.6 cm³/mol.